The van der Waals surface area contributed by atoms with Gasteiger partial charge in [0.05, 0.1) is 11.4 Å². The van der Waals surface area contributed by atoms with E-state index in [9.17, 15) is 17.2 Å². The summed E-state index contributed by atoms with van der Waals surface area (Å²) in [7, 11) is -0.495. The number of hydrogen-bond donors (Lipinski definition) is 1. The Morgan fingerprint density at radius 2 is 1.81 bits per heavy atom. The molecule has 0 unspecified atom stereocenters. The van der Waals surface area contributed by atoms with E-state index in [1.165, 1.54) is 0 Å². The van der Waals surface area contributed by atoms with E-state index in [-0.39, 0.29) is 17.3 Å². The molecule has 1 aromatic heterocycles. The van der Waals surface area contributed by atoms with Gasteiger partial charge in [0.1, 0.15) is 0 Å². The lowest BCUT2D eigenvalue weighted by Gasteiger charge is -2.19. The van der Waals surface area contributed by atoms with Crippen LogP contribution in [-0.4, -0.2) is 50.6 Å². The molecule has 8 nitrogen and oxygen atoms in total. The van der Waals surface area contributed by atoms with E-state index in [4.69, 9.17) is 0 Å². The number of hydrogen-bond acceptors (Lipinski definition) is 7. The molecule has 0 saturated carbocycles. The average Bonchev–Trinajstić information content (AvgIpc) is 3.17. The summed E-state index contributed by atoms with van der Waals surface area (Å²) >= 11 is 0. The van der Waals surface area contributed by atoms with E-state index in [2.05, 4.69) is 19.7 Å². The van der Waals surface area contributed by atoms with E-state index in [0.29, 0.717) is 18.0 Å². The summed E-state index contributed by atoms with van der Waals surface area (Å²) in [6.45, 7) is 1.46. The van der Waals surface area contributed by atoms with Crippen LogP contribution in [0.4, 0.5) is 20.7 Å². The topological polar surface area (TPSA) is 91.3 Å². The first-order valence-corrected chi connectivity index (χ1v) is 9.86. The van der Waals surface area contributed by atoms with Crippen molar-refractivity contribution >= 4 is 21.9 Å². The van der Waals surface area contributed by atoms with Crippen molar-refractivity contribution in [2.75, 3.05) is 37.0 Å². The molecule has 1 aliphatic heterocycles. The normalized spacial score (nSPS) is 14.6. The van der Waals surface area contributed by atoms with Gasteiger partial charge in [-0.3, -0.25) is 0 Å². The maximum Gasteiger partial charge on any atom is 0.241 e. The van der Waals surface area contributed by atoms with Crippen LogP contribution in [0.5, 0.6) is 0 Å². The van der Waals surface area contributed by atoms with Crippen molar-refractivity contribution in [3.63, 3.8) is 0 Å². The summed E-state index contributed by atoms with van der Waals surface area (Å²) in [6.07, 6.45) is 2.09. The van der Waals surface area contributed by atoms with Crippen LogP contribution < -0.4 is 14.5 Å². The minimum Gasteiger partial charge on any atom is -0.347 e. The largest absolute Gasteiger partial charge is 0.347 e. The number of aromatic nitrogens is 3. The maximum atomic E-state index is 13.3. The first-order chi connectivity index (χ1) is 12.8. The molecule has 0 aliphatic carbocycles. The van der Waals surface area contributed by atoms with E-state index in [1.54, 1.807) is 19.0 Å². The summed E-state index contributed by atoms with van der Waals surface area (Å²) in [6, 6.07) is 2.39. The third-order valence-corrected chi connectivity index (χ3v) is 5.47. The van der Waals surface area contributed by atoms with Crippen LogP contribution in [-0.2, 0) is 16.6 Å². The molecule has 1 aliphatic rings. The number of benzene rings is 1. The SMILES string of the molecule is CN(C)c1nc(CNS(=O)(=O)c2ccc(F)c(F)c2)nc(N2CCCC2)n1. The fourth-order valence-corrected chi connectivity index (χ4v) is 3.61. The molecule has 0 atom stereocenters. The minimum atomic E-state index is -4.05. The Morgan fingerprint density at radius 1 is 1.11 bits per heavy atom. The lowest BCUT2D eigenvalue weighted by molar-refractivity contribution is 0.504. The van der Waals surface area contributed by atoms with Crippen LogP contribution in [0.3, 0.4) is 0 Å². The van der Waals surface area contributed by atoms with Gasteiger partial charge in [-0.2, -0.15) is 15.0 Å². The standard InChI is InChI=1S/C16H20F2N6O2S/c1-23(2)15-20-14(21-16(22-15)24-7-3-4-8-24)10-19-27(25,26)11-5-6-12(17)13(18)9-11/h5-6,9,19H,3-4,7-8,10H2,1-2H3. The van der Waals surface area contributed by atoms with E-state index < -0.39 is 21.7 Å². The van der Waals surface area contributed by atoms with Gasteiger partial charge < -0.3 is 9.80 Å². The Balaban J connectivity index is 1.82. The molecule has 0 bridgehead atoms. The molecule has 27 heavy (non-hydrogen) atoms. The number of rotatable bonds is 6. The molecule has 2 heterocycles. The molecular weight excluding hydrogens is 378 g/mol. The van der Waals surface area contributed by atoms with Crippen molar-refractivity contribution in [1.29, 1.82) is 0 Å². The second kappa shape index (κ2) is 7.69. The van der Waals surface area contributed by atoms with Crippen LogP contribution in [0.25, 0.3) is 0 Å². The summed E-state index contributed by atoms with van der Waals surface area (Å²) in [5.41, 5.74) is 0. The van der Waals surface area contributed by atoms with Crippen molar-refractivity contribution in [2.45, 2.75) is 24.3 Å². The van der Waals surface area contributed by atoms with Crippen LogP contribution in [0.2, 0.25) is 0 Å². The molecule has 1 fully saturated rings. The van der Waals surface area contributed by atoms with E-state index in [0.717, 1.165) is 38.1 Å². The second-order valence-electron chi connectivity index (χ2n) is 6.34. The van der Waals surface area contributed by atoms with Gasteiger partial charge in [-0.05, 0) is 31.0 Å². The van der Waals surface area contributed by atoms with Crippen LogP contribution in [0, 0.1) is 11.6 Å². The smallest absolute Gasteiger partial charge is 0.241 e. The van der Waals surface area contributed by atoms with Gasteiger partial charge in [0, 0.05) is 27.2 Å². The highest BCUT2D eigenvalue weighted by atomic mass is 32.2. The van der Waals surface area contributed by atoms with Gasteiger partial charge in [0.15, 0.2) is 17.5 Å². The molecule has 0 amide bonds. The number of nitrogens with zero attached hydrogens (tertiary/aromatic N) is 5. The number of halogens is 2. The Bertz CT molecular complexity index is 933. The molecule has 1 N–H and O–H groups in total. The van der Waals surface area contributed by atoms with Gasteiger partial charge in [-0.25, -0.2) is 21.9 Å². The van der Waals surface area contributed by atoms with Gasteiger partial charge in [0.2, 0.25) is 21.9 Å². The predicted octanol–water partition coefficient (Wildman–Crippen LogP) is 1.29. The lowest BCUT2D eigenvalue weighted by Crippen LogP contribution is -2.27. The number of nitrogens with one attached hydrogen (secondary N) is 1. The highest BCUT2D eigenvalue weighted by Crippen LogP contribution is 2.18. The Hall–Kier alpha value is -2.40. The van der Waals surface area contributed by atoms with Gasteiger partial charge in [0.25, 0.3) is 0 Å². The molecule has 0 spiro atoms. The molecule has 1 aromatic carbocycles. The molecule has 2 aromatic rings. The van der Waals surface area contributed by atoms with Crippen LogP contribution in [0.1, 0.15) is 18.7 Å². The third kappa shape index (κ3) is 4.48. The minimum absolute atomic E-state index is 0.203. The average molecular weight is 398 g/mol. The summed E-state index contributed by atoms with van der Waals surface area (Å²) in [5.74, 6) is -1.20. The van der Waals surface area contributed by atoms with Gasteiger partial charge in [-0.15, -0.1) is 0 Å². The first-order valence-electron chi connectivity index (χ1n) is 8.38. The maximum absolute atomic E-state index is 13.3. The Morgan fingerprint density at radius 3 is 2.44 bits per heavy atom. The van der Waals surface area contributed by atoms with Crippen LogP contribution in [0.15, 0.2) is 23.1 Å². The molecule has 146 valence electrons. The Kier molecular flexibility index (Phi) is 5.51. The molecule has 1 saturated heterocycles. The zero-order valence-corrected chi connectivity index (χ0v) is 15.8. The van der Waals surface area contributed by atoms with Crippen LogP contribution >= 0.6 is 0 Å². The summed E-state index contributed by atoms with van der Waals surface area (Å²) in [4.78, 5) is 16.3. The second-order valence-corrected chi connectivity index (χ2v) is 8.11. The van der Waals surface area contributed by atoms with Gasteiger partial charge in [-0.1, -0.05) is 0 Å². The van der Waals surface area contributed by atoms with Gasteiger partial charge >= 0.3 is 0 Å². The zero-order valence-electron chi connectivity index (χ0n) is 15.0. The predicted molar refractivity (Wildman–Crippen MR) is 96.0 cm³/mol. The number of anilines is 2. The monoisotopic (exact) mass is 398 g/mol. The summed E-state index contributed by atoms with van der Waals surface area (Å²) in [5, 5.41) is 0. The van der Waals surface area contributed by atoms with Crippen molar-refractivity contribution < 1.29 is 17.2 Å². The third-order valence-electron chi connectivity index (χ3n) is 4.07. The molecule has 11 heteroatoms. The molecule has 0 radical (unpaired) electrons. The van der Waals surface area contributed by atoms with E-state index in [1.807, 2.05) is 4.90 Å². The number of sulfonamides is 1. The molecular formula is C16H20F2N6O2S. The van der Waals surface area contributed by atoms with Crippen molar-refractivity contribution in [3.8, 4) is 0 Å². The summed E-state index contributed by atoms with van der Waals surface area (Å²) < 4.78 is 53.3. The van der Waals surface area contributed by atoms with E-state index >= 15 is 0 Å². The molecule has 3 rings (SSSR count). The van der Waals surface area contributed by atoms with Crippen molar-refractivity contribution in [2.24, 2.45) is 0 Å². The fraction of sp³-hybridized carbons (Fsp3) is 0.438. The fourth-order valence-electron chi connectivity index (χ4n) is 2.62. The zero-order chi connectivity index (χ0) is 19.6. The van der Waals surface area contributed by atoms with Crippen molar-refractivity contribution in [3.05, 3.63) is 35.7 Å². The Labute approximate surface area is 156 Å². The lowest BCUT2D eigenvalue weighted by atomic mass is 10.3. The van der Waals surface area contributed by atoms with Crippen molar-refractivity contribution in [1.82, 2.24) is 19.7 Å². The highest BCUT2D eigenvalue weighted by Gasteiger charge is 2.20. The quantitative estimate of drug-likeness (QED) is 0.784. The highest BCUT2D eigenvalue weighted by molar-refractivity contribution is 7.89. The first kappa shape index (κ1) is 19.4.